The number of benzene rings is 2. The fourth-order valence-electron chi connectivity index (χ4n) is 3.23. The number of carbonyl (C=O) groups is 1. The van der Waals surface area contributed by atoms with Crippen molar-refractivity contribution in [2.75, 3.05) is 31.5 Å². The van der Waals surface area contributed by atoms with Gasteiger partial charge in [0.25, 0.3) is 0 Å². The van der Waals surface area contributed by atoms with E-state index < -0.39 is 27.7 Å². The summed E-state index contributed by atoms with van der Waals surface area (Å²) in [7, 11) is -3.43. The van der Waals surface area contributed by atoms with Crippen molar-refractivity contribution in [3.63, 3.8) is 0 Å². The molecule has 0 unspecified atom stereocenters. The second-order valence-corrected chi connectivity index (χ2v) is 8.94. The first-order valence-electron chi connectivity index (χ1n) is 9.28. The van der Waals surface area contributed by atoms with Crippen LogP contribution >= 0.6 is 0 Å². The van der Waals surface area contributed by atoms with Gasteiger partial charge in [0.05, 0.1) is 11.8 Å². The molecule has 1 saturated heterocycles. The van der Waals surface area contributed by atoms with Crippen LogP contribution in [0.1, 0.15) is 12.5 Å². The summed E-state index contributed by atoms with van der Waals surface area (Å²) in [6.07, 6.45) is 0. The summed E-state index contributed by atoms with van der Waals surface area (Å²) >= 11 is 0. The Morgan fingerprint density at radius 1 is 1.03 bits per heavy atom. The summed E-state index contributed by atoms with van der Waals surface area (Å²) in [4.78, 5) is 14.3. The summed E-state index contributed by atoms with van der Waals surface area (Å²) < 4.78 is 53.0. The molecule has 0 spiro atoms. The third-order valence-electron chi connectivity index (χ3n) is 4.97. The number of rotatable bonds is 6. The van der Waals surface area contributed by atoms with Crippen LogP contribution < -0.4 is 5.32 Å². The van der Waals surface area contributed by atoms with E-state index in [1.165, 1.54) is 10.4 Å². The number of amides is 1. The van der Waals surface area contributed by atoms with E-state index in [2.05, 4.69) is 5.32 Å². The predicted octanol–water partition coefficient (Wildman–Crippen LogP) is 2.44. The van der Waals surface area contributed by atoms with Crippen LogP contribution in [0.4, 0.5) is 14.5 Å². The second-order valence-electron chi connectivity index (χ2n) is 6.97. The molecule has 1 fully saturated rings. The molecule has 1 N–H and O–H groups in total. The van der Waals surface area contributed by atoms with E-state index >= 15 is 0 Å². The molecule has 2 aromatic rings. The van der Waals surface area contributed by atoms with Crippen molar-refractivity contribution >= 4 is 21.6 Å². The lowest BCUT2D eigenvalue weighted by atomic mass is 10.2. The number of halogens is 2. The number of piperazine rings is 1. The average molecular weight is 423 g/mol. The topological polar surface area (TPSA) is 69.7 Å². The van der Waals surface area contributed by atoms with Gasteiger partial charge in [0.2, 0.25) is 15.9 Å². The van der Waals surface area contributed by atoms with Crippen LogP contribution in [-0.4, -0.2) is 55.8 Å². The van der Waals surface area contributed by atoms with Gasteiger partial charge in [-0.3, -0.25) is 9.69 Å². The molecule has 1 aliphatic rings. The van der Waals surface area contributed by atoms with Crippen molar-refractivity contribution in [3.05, 3.63) is 65.7 Å². The van der Waals surface area contributed by atoms with Gasteiger partial charge in [-0.15, -0.1) is 0 Å². The minimum absolute atomic E-state index is 0.0555. The molecule has 2 aromatic carbocycles. The van der Waals surface area contributed by atoms with E-state index in [1.807, 2.05) is 11.0 Å². The maximum Gasteiger partial charge on any atom is 0.241 e. The van der Waals surface area contributed by atoms with E-state index in [0.29, 0.717) is 13.1 Å². The van der Waals surface area contributed by atoms with Crippen molar-refractivity contribution in [2.45, 2.75) is 18.7 Å². The number of nitrogens with one attached hydrogen (secondary N) is 1. The number of hydrogen-bond donors (Lipinski definition) is 1. The Balaban J connectivity index is 1.55. The molecule has 9 heteroatoms. The summed E-state index contributed by atoms with van der Waals surface area (Å²) in [6.45, 7) is 3.08. The lowest BCUT2D eigenvalue weighted by Gasteiger charge is -2.36. The summed E-state index contributed by atoms with van der Waals surface area (Å²) in [5.74, 6) is -2.44. The van der Waals surface area contributed by atoms with Crippen LogP contribution in [0.15, 0.2) is 48.5 Å². The normalized spacial score (nSPS) is 17.1. The quantitative estimate of drug-likeness (QED) is 0.775. The van der Waals surface area contributed by atoms with E-state index in [0.717, 1.165) is 17.7 Å². The highest BCUT2D eigenvalue weighted by Crippen LogP contribution is 2.17. The lowest BCUT2D eigenvalue weighted by molar-refractivity contribution is -0.121. The van der Waals surface area contributed by atoms with Gasteiger partial charge >= 0.3 is 0 Å². The first-order valence-corrected chi connectivity index (χ1v) is 10.9. The number of nitrogens with zero attached hydrogens (tertiary/aromatic N) is 2. The van der Waals surface area contributed by atoms with E-state index in [-0.39, 0.29) is 30.4 Å². The monoisotopic (exact) mass is 423 g/mol. The van der Waals surface area contributed by atoms with Crippen LogP contribution in [0.2, 0.25) is 0 Å². The fraction of sp³-hybridized carbons (Fsp3) is 0.350. The zero-order valence-electron chi connectivity index (χ0n) is 16.0. The van der Waals surface area contributed by atoms with Crippen LogP contribution in [0.25, 0.3) is 0 Å². The van der Waals surface area contributed by atoms with Crippen molar-refractivity contribution < 1.29 is 22.0 Å². The smallest absolute Gasteiger partial charge is 0.241 e. The largest absolute Gasteiger partial charge is 0.325 e. The first-order chi connectivity index (χ1) is 13.8. The van der Waals surface area contributed by atoms with Crippen LogP contribution in [-0.2, 0) is 20.6 Å². The Hall–Kier alpha value is -2.36. The van der Waals surface area contributed by atoms with Gasteiger partial charge in [-0.25, -0.2) is 17.2 Å². The highest BCUT2D eigenvalue weighted by molar-refractivity contribution is 7.88. The Labute approximate surface area is 169 Å². The van der Waals surface area contributed by atoms with Gasteiger partial charge < -0.3 is 5.32 Å². The molecule has 0 aliphatic carbocycles. The molecule has 156 valence electrons. The Kier molecular flexibility index (Phi) is 6.61. The maximum atomic E-state index is 13.3. The van der Waals surface area contributed by atoms with E-state index in [4.69, 9.17) is 0 Å². The molecule has 3 rings (SSSR count). The van der Waals surface area contributed by atoms with Crippen molar-refractivity contribution in [1.29, 1.82) is 0 Å². The van der Waals surface area contributed by atoms with Gasteiger partial charge in [-0.05, 0) is 24.6 Å². The van der Waals surface area contributed by atoms with Crippen molar-refractivity contribution in [2.24, 2.45) is 0 Å². The first kappa shape index (κ1) is 21.4. The Morgan fingerprint density at radius 3 is 2.31 bits per heavy atom. The number of anilines is 1. The van der Waals surface area contributed by atoms with Gasteiger partial charge in [-0.1, -0.05) is 30.3 Å². The second kappa shape index (κ2) is 8.98. The van der Waals surface area contributed by atoms with Crippen molar-refractivity contribution in [3.8, 4) is 0 Å². The molecule has 6 nitrogen and oxygen atoms in total. The Morgan fingerprint density at radius 2 is 1.69 bits per heavy atom. The van der Waals surface area contributed by atoms with Crippen LogP contribution in [0.3, 0.4) is 0 Å². The van der Waals surface area contributed by atoms with E-state index in [9.17, 15) is 22.0 Å². The summed E-state index contributed by atoms with van der Waals surface area (Å²) in [5.41, 5.74) is 0.902. The number of sulfonamides is 1. The zero-order chi connectivity index (χ0) is 21.0. The van der Waals surface area contributed by atoms with Crippen molar-refractivity contribution in [1.82, 2.24) is 9.21 Å². The van der Waals surface area contributed by atoms with Gasteiger partial charge in [0, 0.05) is 37.9 Å². The minimum Gasteiger partial charge on any atom is -0.325 e. The van der Waals surface area contributed by atoms with E-state index in [1.54, 1.807) is 31.2 Å². The molecule has 0 saturated carbocycles. The SMILES string of the molecule is C[C@H](C(=O)Nc1ccc(F)c(F)c1)N1CCN(S(=O)(=O)Cc2ccccc2)CC1. The van der Waals surface area contributed by atoms with Crippen LogP contribution in [0.5, 0.6) is 0 Å². The van der Waals surface area contributed by atoms with Crippen LogP contribution in [0, 0.1) is 11.6 Å². The average Bonchev–Trinajstić information content (AvgIpc) is 2.70. The molecular formula is C20H23F2N3O3S. The molecule has 0 aromatic heterocycles. The minimum atomic E-state index is -3.43. The molecule has 1 atom stereocenters. The molecule has 0 bridgehead atoms. The zero-order valence-corrected chi connectivity index (χ0v) is 16.8. The number of carbonyl (C=O) groups excluding carboxylic acids is 1. The Bertz CT molecular complexity index is 962. The molecule has 29 heavy (non-hydrogen) atoms. The third kappa shape index (κ3) is 5.37. The molecule has 0 radical (unpaired) electrons. The lowest BCUT2D eigenvalue weighted by Crippen LogP contribution is -2.54. The highest BCUT2D eigenvalue weighted by atomic mass is 32.2. The van der Waals surface area contributed by atoms with Gasteiger partial charge in [-0.2, -0.15) is 4.31 Å². The molecule has 1 aliphatic heterocycles. The molecular weight excluding hydrogens is 400 g/mol. The summed E-state index contributed by atoms with van der Waals surface area (Å²) in [5, 5.41) is 2.56. The predicted molar refractivity (Wildman–Crippen MR) is 107 cm³/mol. The highest BCUT2D eigenvalue weighted by Gasteiger charge is 2.31. The van der Waals surface area contributed by atoms with Gasteiger partial charge in [0.15, 0.2) is 11.6 Å². The third-order valence-corrected chi connectivity index (χ3v) is 6.82. The fourth-order valence-corrected chi connectivity index (χ4v) is 4.75. The standard InChI is InChI=1S/C20H23F2N3O3S/c1-15(20(26)23-17-7-8-18(21)19(22)13-17)24-9-11-25(12-10-24)29(27,28)14-16-5-3-2-4-6-16/h2-8,13,15H,9-12,14H2,1H3,(H,23,26)/t15-/m1/s1. The molecule has 1 heterocycles. The number of hydrogen-bond acceptors (Lipinski definition) is 4. The maximum absolute atomic E-state index is 13.3. The summed E-state index contributed by atoms with van der Waals surface area (Å²) in [6, 6.07) is 11.6. The van der Waals surface area contributed by atoms with Gasteiger partial charge in [0.1, 0.15) is 0 Å². The molecule has 1 amide bonds.